The molecule has 2 N–H and O–H groups in total. The molecule has 2 saturated carbocycles. The molecular weight excluding hydrogens is 563 g/mol. The smallest absolute Gasteiger partial charge is 0.426 e. The second-order valence-electron chi connectivity index (χ2n) is 10.5. The van der Waals surface area contributed by atoms with E-state index in [2.05, 4.69) is 0 Å². The van der Waals surface area contributed by atoms with E-state index in [1.807, 2.05) is 0 Å². The summed E-state index contributed by atoms with van der Waals surface area (Å²) < 4.78 is 180. The first-order valence-electron chi connectivity index (χ1n) is 11.2. The average molecular weight is 588 g/mol. The van der Waals surface area contributed by atoms with Gasteiger partial charge in [-0.15, -0.1) is 0 Å². The molecule has 4 nitrogen and oxygen atoms in total. The van der Waals surface area contributed by atoms with Gasteiger partial charge in [0.25, 0.3) is 11.2 Å². The maximum atomic E-state index is 14.4. The van der Waals surface area contributed by atoms with Crippen molar-refractivity contribution in [3.05, 3.63) is 0 Å². The van der Waals surface area contributed by atoms with Gasteiger partial charge in [0.15, 0.2) is 0 Å². The Kier molecular flexibility index (Phi) is 7.97. The van der Waals surface area contributed by atoms with Crippen LogP contribution in [0.25, 0.3) is 0 Å². The first-order valence-corrected chi connectivity index (χ1v) is 11.2. The van der Waals surface area contributed by atoms with Crippen LogP contribution in [-0.4, -0.2) is 63.4 Å². The lowest BCUT2D eigenvalue weighted by molar-refractivity contribution is -0.381. The zero-order valence-corrected chi connectivity index (χ0v) is 20.0. The lowest BCUT2D eigenvalue weighted by Gasteiger charge is -2.47. The molecule has 2 aliphatic rings. The zero-order valence-electron chi connectivity index (χ0n) is 20.0. The molecule has 0 spiro atoms. The molecule has 0 aromatic carbocycles. The Morgan fingerprint density at radius 2 is 1.16 bits per heavy atom. The number of aliphatic hydroxyl groups is 2. The molecule has 0 saturated heterocycles. The normalized spacial score (nSPS) is 30.9. The molecule has 6 atom stereocenters. The Morgan fingerprint density at radius 1 is 0.789 bits per heavy atom. The van der Waals surface area contributed by atoms with Crippen molar-refractivity contribution in [1.82, 2.24) is 0 Å². The van der Waals surface area contributed by atoms with Crippen molar-refractivity contribution in [2.75, 3.05) is 0 Å². The van der Waals surface area contributed by atoms with E-state index < -0.39 is 109 Å². The number of alkyl halides is 13. The summed E-state index contributed by atoms with van der Waals surface area (Å²) in [6, 6.07) is 0. The number of esters is 1. The maximum Gasteiger partial charge on any atom is 0.426 e. The summed E-state index contributed by atoms with van der Waals surface area (Å²) in [6.45, 7) is 2.92. The minimum absolute atomic E-state index is 0.478. The predicted octanol–water partition coefficient (Wildman–Crippen LogP) is 6.19. The first-order chi connectivity index (χ1) is 16.6. The van der Waals surface area contributed by atoms with Gasteiger partial charge < -0.3 is 14.9 Å². The van der Waals surface area contributed by atoms with Crippen LogP contribution in [0.5, 0.6) is 0 Å². The van der Waals surface area contributed by atoms with Crippen molar-refractivity contribution in [3.63, 3.8) is 0 Å². The van der Waals surface area contributed by atoms with Crippen molar-refractivity contribution in [2.24, 2.45) is 23.7 Å². The average Bonchev–Trinajstić information content (AvgIpc) is 3.19. The molecule has 2 fully saturated rings. The number of hydrogen-bond acceptors (Lipinski definition) is 4. The molecule has 0 radical (unpaired) electrons. The van der Waals surface area contributed by atoms with Crippen molar-refractivity contribution in [2.45, 2.75) is 100 Å². The Bertz CT molecular complexity index is 862. The summed E-state index contributed by atoms with van der Waals surface area (Å²) >= 11 is 0. The van der Waals surface area contributed by atoms with Crippen molar-refractivity contribution in [3.8, 4) is 0 Å². The summed E-state index contributed by atoms with van der Waals surface area (Å²) in [5, 5.41) is 19.3. The maximum absolute atomic E-state index is 14.4. The highest BCUT2D eigenvalue weighted by Gasteiger charge is 2.76. The van der Waals surface area contributed by atoms with Crippen molar-refractivity contribution in [1.29, 1.82) is 0 Å². The van der Waals surface area contributed by atoms with Crippen LogP contribution in [0.15, 0.2) is 0 Å². The molecule has 2 bridgehead atoms. The molecule has 17 heteroatoms. The van der Waals surface area contributed by atoms with E-state index in [0.29, 0.717) is 0 Å². The number of rotatable bonds is 7. The van der Waals surface area contributed by atoms with Gasteiger partial charge >= 0.3 is 30.7 Å². The fourth-order valence-corrected chi connectivity index (χ4v) is 5.59. The minimum atomic E-state index is -6.46. The van der Waals surface area contributed by atoms with Crippen molar-refractivity contribution < 1.29 is 76.8 Å². The number of carbonyl (C=O) groups is 1. The van der Waals surface area contributed by atoms with Crippen LogP contribution in [0, 0.1) is 23.7 Å². The van der Waals surface area contributed by atoms with E-state index in [9.17, 15) is 72.1 Å². The summed E-state index contributed by atoms with van der Waals surface area (Å²) in [6.07, 6.45) is -32.3. The monoisotopic (exact) mass is 588 g/mol. The second kappa shape index (κ2) is 9.26. The molecular formula is C21H25F13O4. The largest absolute Gasteiger partial charge is 0.457 e. The van der Waals surface area contributed by atoms with Crippen LogP contribution in [0.1, 0.15) is 52.9 Å². The van der Waals surface area contributed by atoms with Crippen LogP contribution >= 0.6 is 0 Å². The SMILES string of the molecule is CCC(C)(F)C(=O)OC1(C)CC2CC1C(CC(O)(C(F)(F)F)C(F)(F)F)C2CC(O)(C(F)(F)F)C(F)(F)F. The third-order valence-electron chi connectivity index (χ3n) is 8.03. The van der Waals surface area contributed by atoms with Crippen LogP contribution < -0.4 is 0 Å². The van der Waals surface area contributed by atoms with Gasteiger partial charge in [0.05, 0.1) is 0 Å². The standard InChI is InChI=1S/C21H25F13O4/c1-4-14(2,22)13(35)38-15(3)6-9-5-12(15)11(8-17(37,20(29,30)31)21(32,33)34)10(9)7-16(36,18(23,24)25)19(26,27)28/h9-12,36-37H,4-8H2,1-3H3. The van der Waals surface area contributed by atoms with Gasteiger partial charge in [-0.05, 0) is 63.7 Å². The zero-order chi connectivity index (χ0) is 30.1. The Balaban J connectivity index is 2.62. The molecule has 0 amide bonds. The fourth-order valence-electron chi connectivity index (χ4n) is 5.59. The van der Waals surface area contributed by atoms with Gasteiger partial charge in [0.2, 0.25) is 5.67 Å². The minimum Gasteiger partial charge on any atom is -0.457 e. The molecule has 2 rings (SSSR count). The van der Waals surface area contributed by atoms with E-state index >= 15 is 0 Å². The Morgan fingerprint density at radius 3 is 1.50 bits per heavy atom. The second-order valence-corrected chi connectivity index (χ2v) is 10.5. The summed E-state index contributed by atoms with van der Waals surface area (Å²) in [7, 11) is 0. The summed E-state index contributed by atoms with van der Waals surface area (Å²) in [5.41, 5.74) is -15.8. The quantitative estimate of drug-likeness (QED) is 0.275. The molecule has 0 aliphatic heterocycles. The third kappa shape index (κ3) is 5.29. The highest BCUT2D eigenvalue weighted by atomic mass is 19.4. The van der Waals surface area contributed by atoms with Gasteiger partial charge in [0, 0.05) is 5.92 Å². The number of carbonyl (C=O) groups excluding carboxylic acids is 1. The predicted molar refractivity (Wildman–Crippen MR) is 101 cm³/mol. The lowest BCUT2D eigenvalue weighted by Crippen LogP contribution is -2.61. The van der Waals surface area contributed by atoms with E-state index in [-0.39, 0.29) is 0 Å². The summed E-state index contributed by atoms with van der Waals surface area (Å²) in [5.74, 6) is -9.52. The van der Waals surface area contributed by atoms with Gasteiger partial charge in [-0.1, -0.05) is 6.92 Å². The Hall–Kier alpha value is -1.52. The molecule has 224 valence electrons. The number of fused-ring (bicyclic) bond motifs is 2. The van der Waals surface area contributed by atoms with Gasteiger partial charge in [-0.2, -0.15) is 52.7 Å². The summed E-state index contributed by atoms with van der Waals surface area (Å²) in [4.78, 5) is 12.3. The lowest BCUT2D eigenvalue weighted by atomic mass is 9.65. The molecule has 6 unspecified atom stereocenters. The molecule has 2 aliphatic carbocycles. The molecule has 38 heavy (non-hydrogen) atoms. The van der Waals surface area contributed by atoms with Crippen LogP contribution in [-0.2, 0) is 9.53 Å². The van der Waals surface area contributed by atoms with Crippen molar-refractivity contribution >= 4 is 5.97 Å². The number of ether oxygens (including phenoxy) is 1. The Labute approximate surface area is 207 Å². The number of hydrogen-bond donors (Lipinski definition) is 2. The van der Waals surface area contributed by atoms with E-state index in [1.165, 1.54) is 6.92 Å². The highest BCUT2D eigenvalue weighted by molar-refractivity contribution is 5.79. The topological polar surface area (TPSA) is 66.8 Å². The van der Waals surface area contributed by atoms with Crippen LogP contribution in [0.2, 0.25) is 0 Å². The van der Waals surface area contributed by atoms with E-state index in [0.717, 1.165) is 13.8 Å². The third-order valence-corrected chi connectivity index (χ3v) is 8.03. The van der Waals surface area contributed by atoms with Crippen LogP contribution in [0.3, 0.4) is 0 Å². The van der Waals surface area contributed by atoms with E-state index in [1.54, 1.807) is 0 Å². The van der Waals surface area contributed by atoms with Gasteiger partial charge in [-0.25, -0.2) is 9.18 Å². The first kappa shape index (κ1) is 32.7. The van der Waals surface area contributed by atoms with Gasteiger partial charge in [-0.3, -0.25) is 0 Å². The number of halogens is 13. The highest BCUT2D eigenvalue weighted by Crippen LogP contribution is 2.65. The fraction of sp³-hybridized carbons (Fsp3) is 0.952. The van der Waals surface area contributed by atoms with Crippen LogP contribution in [0.4, 0.5) is 57.1 Å². The molecule has 0 aromatic heterocycles. The molecule has 0 heterocycles. The van der Waals surface area contributed by atoms with E-state index in [4.69, 9.17) is 4.74 Å². The van der Waals surface area contributed by atoms with Gasteiger partial charge in [0.1, 0.15) is 5.60 Å². The molecule has 0 aromatic rings.